The maximum atomic E-state index is 12.3. The highest BCUT2D eigenvalue weighted by molar-refractivity contribution is 5.90. The number of fused-ring (bicyclic) bond motifs is 1. The summed E-state index contributed by atoms with van der Waals surface area (Å²) in [7, 11) is 1.63. The van der Waals surface area contributed by atoms with Crippen LogP contribution in [0.3, 0.4) is 0 Å². The van der Waals surface area contributed by atoms with Gasteiger partial charge in [0.2, 0.25) is 0 Å². The number of aromatic nitrogens is 3. The lowest BCUT2D eigenvalue weighted by Crippen LogP contribution is -2.36. The van der Waals surface area contributed by atoms with E-state index in [1.165, 1.54) is 15.0 Å². The number of benzene rings is 1. The van der Waals surface area contributed by atoms with E-state index < -0.39 is 5.97 Å². The highest BCUT2D eigenvalue weighted by Gasteiger charge is 2.28. The Labute approximate surface area is 119 Å². The van der Waals surface area contributed by atoms with Gasteiger partial charge in [0.05, 0.1) is 18.8 Å². The summed E-state index contributed by atoms with van der Waals surface area (Å²) in [6, 6.07) is 10.8. The molecule has 0 atom stereocenters. The molecule has 0 aliphatic heterocycles. The van der Waals surface area contributed by atoms with Crippen LogP contribution in [0.25, 0.3) is 16.9 Å². The van der Waals surface area contributed by atoms with E-state index in [4.69, 9.17) is 0 Å². The number of hydrogen-bond donors (Lipinski definition) is 2. The summed E-state index contributed by atoms with van der Waals surface area (Å²) in [6.07, 6.45) is 0. The number of imidazole rings is 1. The van der Waals surface area contributed by atoms with Crippen molar-refractivity contribution in [1.82, 2.24) is 9.38 Å². The number of rotatable bonds is 2. The van der Waals surface area contributed by atoms with Gasteiger partial charge < -0.3 is 10.1 Å². The standard InChI is InChI=1S/C15H13N3O3/c1-9-17(2)13(15(20)21)14-16-11(8-12(19)18(9)14)10-6-4-3-5-7-10/h3-8H,1-2H3,(H-,16,19,20,21)/p+1. The zero-order valence-corrected chi connectivity index (χ0v) is 11.6. The number of carboxylic acid groups (broad SMARTS) is 1. The summed E-state index contributed by atoms with van der Waals surface area (Å²) in [6.45, 7) is 1.71. The van der Waals surface area contributed by atoms with Crippen LogP contribution in [0.4, 0.5) is 0 Å². The maximum Gasteiger partial charge on any atom is 0.382 e. The number of H-pyrrole nitrogens is 1. The monoisotopic (exact) mass is 284 g/mol. The summed E-state index contributed by atoms with van der Waals surface area (Å²) in [5.74, 6) is -0.521. The average Bonchev–Trinajstić information content (AvgIpc) is 2.72. The van der Waals surface area contributed by atoms with Gasteiger partial charge in [0.15, 0.2) is 0 Å². The molecular weight excluding hydrogens is 270 g/mol. The van der Waals surface area contributed by atoms with E-state index in [0.29, 0.717) is 11.5 Å². The molecule has 6 nitrogen and oxygen atoms in total. The lowest BCUT2D eigenvalue weighted by atomic mass is 10.1. The Morgan fingerprint density at radius 1 is 1.29 bits per heavy atom. The quantitative estimate of drug-likeness (QED) is 0.692. The van der Waals surface area contributed by atoms with E-state index in [-0.39, 0.29) is 16.9 Å². The van der Waals surface area contributed by atoms with Gasteiger partial charge in [-0.25, -0.2) is 14.2 Å². The Morgan fingerprint density at radius 3 is 2.57 bits per heavy atom. The molecule has 106 valence electrons. The van der Waals surface area contributed by atoms with Gasteiger partial charge in [-0.15, -0.1) is 4.40 Å². The molecule has 3 aromatic rings. The highest BCUT2D eigenvalue weighted by atomic mass is 16.4. The van der Waals surface area contributed by atoms with Crippen molar-refractivity contribution in [3.05, 3.63) is 58.3 Å². The fourth-order valence-corrected chi connectivity index (χ4v) is 2.49. The minimum absolute atomic E-state index is 0.0578. The third-order valence-corrected chi connectivity index (χ3v) is 3.62. The molecule has 0 saturated heterocycles. The van der Waals surface area contributed by atoms with Crippen LogP contribution in [-0.2, 0) is 7.05 Å². The molecule has 0 aliphatic carbocycles. The van der Waals surface area contributed by atoms with Crippen LogP contribution in [0, 0.1) is 6.92 Å². The van der Waals surface area contributed by atoms with Crippen molar-refractivity contribution in [3.63, 3.8) is 0 Å². The van der Waals surface area contributed by atoms with Crippen LogP contribution in [-0.4, -0.2) is 20.5 Å². The van der Waals surface area contributed by atoms with Crippen molar-refractivity contribution >= 4 is 11.6 Å². The molecule has 0 unspecified atom stereocenters. The Hall–Kier alpha value is -2.89. The number of hydrogen-bond acceptors (Lipinski definition) is 2. The molecule has 2 aromatic heterocycles. The zero-order valence-electron chi connectivity index (χ0n) is 11.6. The van der Waals surface area contributed by atoms with Crippen molar-refractivity contribution < 1.29 is 14.5 Å². The first kappa shape index (κ1) is 13.1. The van der Waals surface area contributed by atoms with Gasteiger partial charge in [-0.2, -0.15) is 0 Å². The molecule has 0 bridgehead atoms. The SMILES string of the molecule is Cc1n2c(=O)cc(-c3ccccc3)[nH]c2c(C(=O)O)[n+]1C. The van der Waals surface area contributed by atoms with E-state index in [0.717, 1.165) is 5.56 Å². The highest BCUT2D eigenvalue weighted by Crippen LogP contribution is 2.17. The van der Waals surface area contributed by atoms with Gasteiger partial charge in [-0.05, 0) is 5.56 Å². The first-order chi connectivity index (χ1) is 10.0. The van der Waals surface area contributed by atoms with Crippen molar-refractivity contribution in [1.29, 1.82) is 0 Å². The minimum Gasteiger partial charge on any atom is -0.475 e. The van der Waals surface area contributed by atoms with Gasteiger partial charge in [0, 0.05) is 6.92 Å². The number of nitrogens with zero attached hydrogens (tertiary/aromatic N) is 2. The zero-order chi connectivity index (χ0) is 15.1. The Balaban J connectivity index is 2.42. The predicted octanol–water partition coefficient (Wildman–Crippen LogP) is 1.13. The molecule has 0 fully saturated rings. The van der Waals surface area contributed by atoms with E-state index in [1.807, 2.05) is 30.3 Å². The lowest BCUT2D eigenvalue weighted by molar-refractivity contribution is -0.678. The second kappa shape index (κ2) is 4.59. The Morgan fingerprint density at radius 2 is 1.95 bits per heavy atom. The van der Waals surface area contributed by atoms with Crippen molar-refractivity contribution in [2.45, 2.75) is 6.92 Å². The van der Waals surface area contributed by atoms with Crippen molar-refractivity contribution in [2.24, 2.45) is 7.05 Å². The number of aromatic carboxylic acids is 1. The minimum atomic E-state index is -1.08. The van der Waals surface area contributed by atoms with Crippen LogP contribution in [0.1, 0.15) is 16.3 Å². The van der Waals surface area contributed by atoms with Crippen LogP contribution in [0.2, 0.25) is 0 Å². The third kappa shape index (κ3) is 1.92. The van der Waals surface area contributed by atoms with Gasteiger partial charge in [0.25, 0.3) is 17.2 Å². The van der Waals surface area contributed by atoms with Gasteiger partial charge in [-0.1, -0.05) is 30.3 Å². The summed E-state index contributed by atoms with van der Waals surface area (Å²) in [4.78, 5) is 26.8. The first-order valence-electron chi connectivity index (χ1n) is 6.44. The van der Waals surface area contributed by atoms with Gasteiger partial charge in [-0.3, -0.25) is 0 Å². The third-order valence-electron chi connectivity index (χ3n) is 3.62. The van der Waals surface area contributed by atoms with Crippen LogP contribution in [0.15, 0.2) is 41.2 Å². The Kier molecular flexibility index (Phi) is 2.86. The number of nitrogens with one attached hydrogen (secondary N) is 1. The molecule has 0 radical (unpaired) electrons. The van der Waals surface area contributed by atoms with Crippen molar-refractivity contribution in [2.75, 3.05) is 0 Å². The smallest absolute Gasteiger partial charge is 0.382 e. The lowest BCUT2D eigenvalue weighted by Gasteiger charge is -2.00. The largest absolute Gasteiger partial charge is 0.475 e. The summed E-state index contributed by atoms with van der Waals surface area (Å²) in [5, 5.41) is 9.37. The number of aromatic amines is 1. The second-order valence-electron chi connectivity index (χ2n) is 4.83. The molecule has 0 saturated carbocycles. The number of carboxylic acids is 1. The molecule has 6 heteroatoms. The van der Waals surface area contributed by atoms with E-state index in [9.17, 15) is 14.7 Å². The number of aryl methyl sites for hydroxylation is 1. The van der Waals surface area contributed by atoms with E-state index in [1.54, 1.807) is 14.0 Å². The molecular formula is C15H14N3O3+. The number of carbonyl (C=O) groups is 1. The molecule has 3 rings (SSSR count). The predicted molar refractivity (Wildman–Crippen MR) is 76.3 cm³/mol. The average molecular weight is 284 g/mol. The topological polar surface area (TPSA) is 78.4 Å². The van der Waals surface area contributed by atoms with Crippen LogP contribution >= 0.6 is 0 Å². The molecule has 1 aromatic carbocycles. The molecule has 0 amide bonds. The molecule has 0 spiro atoms. The van der Waals surface area contributed by atoms with Crippen LogP contribution in [0.5, 0.6) is 0 Å². The van der Waals surface area contributed by atoms with Gasteiger partial charge >= 0.3 is 11.5 Å². The second-order valence-corrected chi connectivity index (χ2v) is 4.83. The molecule has 21 heavy (non-hydrogen) atoms. The first-order valence-corrected chi connectivity index (χ1v) is 6.44. The molecule has 2 N–H and O–H groups in total. The van der Waals surface area contributed by atoms with Gasteiger partial charge in [0.1, 0.15) is 0 Å². The normalized spacial score (nSPS) is 11.0. The summed E-state index contributed by atoms with van der Waals surface area (Å²) < 4.78 is 2.86. The Bertz CT molecular complexity index is 907. The molecule has 0 aliphatic rings. The van der Waals surface area contributed by atoms with E-state index >= 15 is 0 Å². The van der Waals surface area contributed by atoms with E-state index in [2.05, 4.69) is 4.98 Å². The molecule has 2 heterocycles. The fourth-order valence-electron chi connectivity index (χ4n) is 2.49. The summed E-state index contributed by atoms with van der Waals surface area (Å²) in [5.41, 5.74) is 1.50. The maximum absolute atomic E-state index is 12.3. The van der Waals surface area contributed by atoms with Crippen LogP contribution < -0.4 is 10.1 Å². The summed E-state index contributed by atoms with van der Waals surface area (Å²) >= 11 is 0. The van der Waals surface area contributed by atoms with Crippen molar-refractivity contribution in [3.8, 4) is 11.3 Å². The fraction of sp³-hybridized carbons (Fsp3) is 0.133.